The normalized spacial score (nSPS) is 15.5. The van der Waals surface area contributed by atoms with Crippen molar-refractivity contribution in [3.63, 3.8) is 0 Å². The highest BCUT2D eigenvalue weighted by atomic mass is 16.5. The van der Waals surface area contributed by atoms with E-state index < -0.39 is 0 Å². The van der Waals surface area contributed by atoms with Crippen LogP contribution in [0.2, 0.25) is 0 Å². The highest BCUT2D eigenvalue weighted by molar-refractivity contribution is 5.95. The molecule has 6 heteroatoms. The largest absolute Gasteiger partial charge is 0.463 e. The van der Waals surface area contributed by atoms with Crippen molar-refractivity contribution in [3.05, 3.63) is 77.7 Å². The number of rotatable bonds is 7. The lowest BCUT2D eigenvalue weighted by Gasteiger charge is -2.35. The molecule has 0 aliphatic carbocycles. The SMILES string of the molecule is Cc1nc(-c2ccco2)ccc1C(=O)N(Cc1ccccc1)C(C)CN1CCOCC1. The van der Waals surface area contributed by atoms with Crippen LogP contribution in [0.25, 0.3) is 11.5 Å². The minimum Gasteiger partial charge on any atom is -0.463 e. The van der Waals surface area contributed by atoms with E-state index in [-0.39, 0.29) is 11.9 Å². The molecule has 0 N–H and O–H groups in total. The summed E-state index contributed by atoms with van der Waals surface area (Å²) in [7, 11) is 0. The summed E-state index contributed by atoms with van der Waals surface area (Å²) in [6.07, 6.45) is 1.63. The number of carbonyl (C=O) groups is 1. The fourth-order valence-electron chi connectivity index (χ4n) is 3.97. The smallest absolute Gasteiger partial charge is 0.256 e. The van der Waals surface area contributed by atoms with Gasteiger partial charge in [0.1, 0.15) is 5.69 Å². The van der Waals surface area contributed by atoms with Gasteiger partial charge in [0.2, 0.25) is 0 Å². The van der Waals surface area contributed by atoms with Crippen LogP contribution >= 0.6 is 0 Å². The first-order valence-corrected chi connectivity index (χ1v) is 10.8. The van der Waals surface area contributed by atoms with Crippen LogP contribution < -0.4 is 0 Å². The average molecular weight is 420 g/mol. The van der Waals surface area contributed by atoms with E-state index in [1.165, 1.54) is 0 Å². The lowest BCUT2D eigenvalue weighted by atomic mass is 10.1. The molecule has 0 radical (unpaired) electrons. The zero-order chi connectivity index (χ0) is 21.6. The monoisotopic (exact) mass is 419 g/mol. The Hall–Kier alpha value is -2.96. The topological polar surface area (TPSA) is 58.8 Å². The first-order chi connectivity index (χ1) is 15.1. The number of furan rings is 1. The fraction of sp³-hybridized carbons (Fsp3) is 0.360. The first-order valence-electron chi connectivity index (χ1n) is 10.8. The van der Waals surface area contributed by atoms with Crippen LogP contribution in [-0.2, 0) is 11.3 Å². The van der Waals surface area contributed by atoms with Crippen LogP contribution in [0.3, 0.4) is 0 Å². The van der Waals surface area contributed by atoms with E-state index in [9.17, 15) is 4.79 Å². The summed E-state index contributed by atoms with van der Waals surface area (Å²) in [5, 5.41) is 0. The van der Waals surface area contributed by atoms with E-state index in [1.807, 2.05) is 54.3 Å². The van der Waals surface area contributed by atoms with Gasteiger partial charge in [-0.25, -0.2) is 4.98 Å². The van der Waals surface area contributed by atoms with Crippen molar-refractivity contribution in [2.45, 2.75) is 26.4 Å². The Bertz CT molecular complexity index is 983. The predicted octanol–water partition coefficient (Wildman–Crippen LogP) is 4.01. The third kappa shape index (κ3) is 5.21. The van der Waals surface area contributed by atoms with Crippen molar-refractivity contribution in [3.8, 4) is 11.5 Å². The van der Waals surface area contributed by atoms with E-state index in [1.54, 1.807) is 6.26 Å². The maximum atomic E-state index is 13.7. The summed E-state index contributed by atoms with van der Waals surface area (Å²) in [5.74, 6) is 0.699. The van der Waals surface area contributed by atoms with Gasteiger partial charge in [-0.1, -0.05) is 30.3 Å². The van der Waals surface area contributed by atoms with E-state index >= 15 is 0 Å². The molecule has 3 aromatic rings. The van der Waals surface area contributed by atoms with Crippen LogP contribution in [-0.4, -0.2) is 59.6 Å². The van der Waals surface area contributed by atoms with Gasteiger partial charge in [0, 0.05) is 32.2 Å². The molecule has 1 saturated heterocycles. The third-order valence-electron chi connectivity index (χ3n) is 5.70. The Labute approximate surface area is 183 Å². The molecule has 0 bridgehead atoms. The van der Waals surface area contributed by atoms with Gasteiger partial charge >= 0.3 is 0 Å². The van der Waals surface area contributed by atoms with Crippen LogP contribution in [0.15, 0.2) is 65.3 Å². The minimum absolute atomic E-state index is 0.000562. The molecule has 0 saturated carbocycles. The first kappa shape index (κ1) is 21.3. The molecule has 162 valence electrons. The molecule has 1 aromatic carbocycles. The third-order valence-corrected chi connectivity index (χ3v) is 5.70. The number of carbonyl (C=O) groups excluding carboxylic acids is 1. The van der Waals surface area contributed by atoms with Crippen molar-refractivity contribution in [1.82, 2.24) is 14.8 Å². The maximum Gasteiger partial charge on any atom is 0.256 e. The predicted molar refractivity (Wildman–Crippen MR) is 120 cm³/mol. The number of ether oxygens (including phenoxy) is 1. The lowest BCUT2D eigenvalue weighted by molar-refractivity contribution is 0.0228. The van der Waals surface area contributed by atoms with E-state index in [0.717, 1.165) is 44.1 Å². The molecule has 1 aliphatic heterocycles. The Morgan fingerprint density at radius 2 is 1.87 bits per heavy atom. The zero-order valence-electron chi connectivity index (χ0n) is 18.2. The average Bonchev–Trinajstić information content (AvgIpc) is 3.33. The van der Waals surface area contributed by atoms with Gasteiger partial charge in [-0.3, -0.25) is 9.69 Å². The molecular weight excluding hydrogens is 390 g/mol. The van der Waals surface area contributed by atoms with Crippen LogP contribution in [0.4, 0.5) is 0 Å². The van der Waals surface area contributed by atoms with E-state index in [4.69, 9.17) is 9.15 Å². The number of aryl methyl sites for hydroxylation is 1. The Morgan fingerprint density at radius 3 is 2.55 bits per heavy atom. The second-order valence-electron chi connectivity index (χ2n) is 7.99. The highest BCUT2D eigenvalue weighted by Gasteiger charge is 2.26. The Kier molecular flexibility index (Phi) is 6.79. The summed E-state index contributed by atoms with van der Waals surface area (Å²) < 4.78 is 10.9. The van der Waals surface area contributed by atoms with E-state index in [0.29, 0.717) is 23.6 Å². The maximum absolute atomic E-state index is 13.7. The molecule has 1 unspecified atom stereocenters. The number of nitrogens with zero attached hydrogens (tertiary/aromatic N) is 3. The number of benzene rings is 1. The van der Waals surface area contributed by atoms with E-state index in [2.05, 4.69) is 28.9 Å². The summed E-state index contributed by atoms with van der Waals surface area (Å²) in [4.78, 5) is 22.6. The molecule has 0 spiro atoms. The zero-order valence-corrected chi connectivity index (χ0v) is 18.2. The number of pyridine rings is 1. The second-order valence-corrected chi connectivity index (χ2v) is 7.99. The number of aromatic nitrogens is 1. The molecule has 31 heavy (non-hydrogen) atoms. The summed E-state index contributed by atoms with van der Waals surface area (Å²) in [6, 6.07) is 17.6. The molecule has 1 amide bonds. The number of hydrogen-bond acceptors (Lipinski definition) is 5. The summed E-state index contributed by atoms with van der Waals surface area (Å²) in [5.41, 5.74) is 3.17. The number of hydrogen-bond donors (Lipinski definition) is 0. The summed E-state index contributed by atoms with van der Waals surface area (Å²) >= 11 is 0. The van der Waals surface area contributed by atoms with Gasteiger partial charge in [-0.05, 0) is 43.7 Å². The quantitative estimate of drug-likeness (QED) is 0.579. The molecule has 1 atom stereocenters. The van der Waals surface area contributed by atoms with Gasteiger partial charge in [0.05, 0.1) is 30.7 Å². The molecule has 2 aromatic heterocycles. The van der Waals surface area contributed by atoms with Crippen LogP contribution in [0.1, 0.15) is 28.5 Å². The van der Waals surface area contributed by atoms with Crippen molar-refractivity contribution >= 4 is 5.91 Å². The standard InChI is InChI=1S/C25H29N3O3/c1-19(17-27-12-15-30-16-13-27)28(18-21-7-4-3-5-8-21)25(29)22-10-11-23(26-20(22)2)24-9-6-14-31-24/h3-11,14,19H,12-13,15-18H2,1-2H3. The molecule has 1 fully saturated rings. The molecular formula is C25H29N3O3. The van der Waals surface area contributed by atoms with Crippen molar-refractivity contribution in [2.24, 2.45) is 0 Å². The summed E-state index contributed by atoms with van der Waals surface area (Å²) in [6.45, 7) is 8.67. The van der Waals surface area contributed by atoms with Gasteiger partial charge in [0.15, 0.2) is 5.76 Å². The highest BCUT2D eigenvalue weighted by Crippen LogP contribution is 2.22. The van der Waals surface area contributed by atoms with Crippen molar-refractivity contribution in [1.29, 1.82) is 0 Å². The van der Waals surface area contributed by atoms with Gasteiger partial charge in [-0.2, -0.15) is 0 Å². The van der Waals surface area contributed by atoms with Gasteiger partial charge in [-0.15, -0.1) is 0 Å². The van der Waals surface area contributed by atoms with Crippen LogP contribution in [0, 0.1) is 6.92 Å². The number of morpholine rings is 1. The molecule has 3 heterocycles. The Morgan fingerprint density at radius 1 is 1.10 bits per heavy atom. The number of amides is 1. The van der Waals surface area contributed by atoms with Gasteiger partial charge in [0.25, 0.3) is 5.91 Å². The second kappa shape index (κ2) is 9.90. The van der Waals surface area contributed by atoms with Crippen LogP contribution in [0.5, 0.6) is 0 Å². The Balaban J connectivity index is 1.58. The van der Waals surface area contributed by atoms with Crippen molar-refractivity contribution < 1.29 is 13.9 Å². The van der Waals surface area contributed by atoms with Crippen molar-refractivity contribution in [2.75, 3.05) is 32.8 Å². The molecule has 1 aliphatic rings. The fourth-order valence-corrected chi connectivity index (χ4v) is 3.97. The molecule has 4 rings (SSSR count). The lowest BCUT2D eigenvalue weighted by Crippen LogP contribution is -2.48. The molecule has 6 nitrogen and oxygen atoms in total. The minimum atomic E-state index is 0.000562. The van der Waals surface area contributed by atoms with Gasteiger partial charge < -0.3 is 14.1 Å².